The summed E-state index contributed by atoms with van der Waals surface area (Å²) < 4.78 is 26.1. The van der Waals surface area contributed by atoms with Gasteiger partial charge in [0.25, 0.3) is 10.2 Å². The van der Waals surface area contributed by atoms with E-state index in [-0.39, 0.29) is 6.04 Å². The standard InChI is InChI=1S/C9H20N2O4S/c1-5-6-10(4)16(14,15)11(8(2)3)7-9(12)13/h8H,5-7H2,1-4H3,(H,12,13). The molecule has 0 aliphatic heterocycles. The Labute approximate surface area is 97.0 Å². The Hall–Kier alpha value is -0.660. The first kappa shape index (κ1) is 15.3. The molecule has 0 rings (SSSR count). The zero-order valence-electron chi connectivity index (χ0n) is 10.2. The van der Waals surface area contributed by atoms with Crippen LogP contribution in [-0.2, 0) is 15.0 Å². The van der Waals surface area contributed by atoms with E-state index in [1.165, 1.54) is 11.4 Å². The number of hydrogen-bond donors (Lipinski definition) is 1. The Balaban J connectivity index is 4.97. The SMILES string of the molecule is CCCN(C)S(=O)(=O)N(CC(=O)O)C(C)C. The monoisotopic (exact) mass is 252 g/mol. The smallest absolute Gasteiger partial charge is 0.318 e. The average Bonchev–Trinajstić information content (AvgIpc) is 2.13. The Morgan fingerprint density at radius 3 is 2.19 bits per heavy atom. The van der Waals surface area contributed by atoms with Crippen molar-refractivity contribution in [2.75, 3.05) is 20.1 Å². The zero-order valence-corrected chi connectivity index (χ0v) is 11.0. The van der Waals surface area contributed by atoms with Crippen LogP contribution >= 0.6 is 0 Å². The fourth-order valence-electron chi connectivity index (χ4n) is 1.27. The van der Waals surface area contributed by atoms with Crippen LogP contribution in [0.3, 0.4) is 0 Å². The number of carboxylic acids is 1. The Morgan fingerprint density at radius 2 is 1.88 bits per heavy atom. The molecule has 16 heavy (non-hydrogen) atoms. The average molecular weight is 252 g/mol. The Bertz CT molecular complexity index is 326. The highest BCUT2D eigenvalue weighted by molar-refractivity contribution is 7.86. The van der Waals surface area contributed by atoms with Gasteiger partial charge in [0.1, 0.15) is 6.54 Å². The summed E-state index contributed by atoms with van der Waals surface area (Å²) in [4.78, 5) is 10.6. The van der Waals surface area contributed by atoms with E-state index in [2.05, 4.69) is 0 Å². The minimum absolute atomic E-state index is 0.375. The molecule has 0 radical (unpaired) electrons. The molecule has 0 atom stereocenters. The minimum atomic E-state index is -3.67. The van der Waals surface area contributed by atoms with Crippen molar-refractivity contribution in [2.45, 2.75) is 33.2 Å². The van der Waals surface area contributed by atoms with Crippen LogP contribution in [0, 0.1) is 0 Å². The highest BCUT2D eigenvalue weighted by Gasteiger charge is 2.30. The largest absolute Gasteiger partial charge is 0.480 e. The van der Waals surface area contributed by atoms with E-state index < -0.39 is 22.7 Å². The molecule has 0 aliphatic rings. The predicted molar refractivity (Wildman–Crippen MR) is 61.3 cm³/mol. The van der Waals surface area contributed by atoms with E-state index in [4.69, 9.17) is 5.11 Å². The third-order valence-corrected chi connectivity index (χ3v) is 4.21. The summed E-state index contributed by atoms with van der Waals surface area (Å²) in [6.07, 6.45) is 0.689. The van der Waals surface area contributed by atoms with E-state index in [1.807, 2.05) is 6.92 Å². The second-order valence-electron chi connectivity index (χ2n) is 3.86. The molecular formula is C9H20N2O4S. The van der Waals surface area contributed by atoms with Crippen LogP contribution in [0.4, 0.5) is 0 Å². The summed E-state index contributed by atoms with van der Waals surface area (Å²) in [7, 11) is -2.22. The summed E-state index contributed by atoms with van der Waals surface area (Å²) in [5.41, 5.74) is 0. The van der Waals surface area contributed by atoms with Gasteiger partial charge in [-0.15, -0.1) is 0 Å². The molecule has 1 N–H and O–H groups in total. The van der Waals surface area contributed by atoms with Gasteiger partial charge in [-0.2, -0.15) is 17.0 Å². The first-order valence-electron chi connectivity index (χ1n) is 5.18. The van der Waals surface area contributed by atoms with E-state index in [0.717, 1.165) is 4.31 Å². The van der Waals surface area contributed by atoms with Crippen molar-refractivity contribution >= 4 is 16.2 Å². The summed E-state index contributed by atoms with van der Waals surface area (Å²) in [6, 6.07) is -0.375. The molecule has 0 unspecified atom stereocenters. The maximum absolute atomic E-state index is 12.0. The van der Waals surface area contributed by atoms with Crippen LogP contribution in [0.25, 0.3) is 0 Å². The third kappa shape index (κ3) is 4.07. The van der Waals surface area contributed by atoms with Gasteiger partial charge in [0.2, 0.25) is 0 Å². The molecule has 0 saturated carbocycles. The van der Waals surface area contributed by atoms with Gasteiger partial charge in [-0.1, -0.05) is 6.92 Å². The highest BCUT2D eigenvalue weighted by atomic mass is 32.2. The molecule has 0 aromatic rings. The first-order valence-corrected chi connectivity index (χ1v) is 6.58. The summed E-state index contributed by atoms with van der Waals surface area (Å²) >= 11 is 0. The molecule has 0 aromatic carbocycles. The molecule has 6 nitrogen and oxygen atoms in total. The molecule has 0 spiro atoms. The Morgan fingerprint density at radius 1 is 1.38 bits per heavy atom. The van der Waals surface area contributed by atoms with Gasteiger partial charge in [0.15, 0.2) is 0 Å². The molecule has 96 valence electrons. The number of carboxylic acid groups (broad SMARTS) is 1. The predicted octanol–water partition coefficient (Wildman–Crippen LogP) is 0.368. The summed E-state index contributed by atoms with van der Waals surface area (Å²) in [5, 5.41) is 8.68. The summed E-state index contributed by atoms with van der Waals surface area (Å²) in [6.45, 7) is 5.04. The minimum Gasteiger partial charge on any atom is -0.480 e. The molecule has 7 heteroatoms. The molecule has 0 fully saturated rings. The molecule has 0 aliphatic carbocycles. The molecule has 0 amide bonds. The van der Waals surface area contributed by atoms with Crippen molar-refractivity contribution in [1.82, 2.24) is 8.61 Å². The van der Waals surface area contributed by atoms with Crippen molar-refractivity contribution in [2.24, 2.45) is 0 Å². The van der Waals surface area contributed by atoms with E-state index >= 15 is 0 Å². The van der Waals surface area contributed by atoms with Gasteiger partial charge in [0, 0.05) is 19.6 Å². The first-order chi connectivity index (χ1) is 7.23. The van der Waals surface area contributed by atoms with Crippen molar-refractivity contribution in [3.05, 3.63) is 0 Å². The second-order valence-corrected chi connectivity index (χ2v) is 5.85. The lowest BCUT2D eigenvalue weighted by Gasteiger charge is -2.28. The lowest BCUT2D eigenvalue weighted by Crippen LogP contribution is -2.47. The highest BCUT2D eigenvalue weighted by Crippen LogP contribution is 2.10. The normalized spacial score (nSPS) is 12.7. The van der Waals surface area contributed by atoms with Crippen LogP contribution in [0.5, 0.6) is 0 Å². The van der Waals surface area contributed by atoms with Crippen molar-refractivity contribution in [3.63, 3.8) is 0 Å². The van der Waals surface area contributed by atoms with Crippen molar-refractivity contribution in [1.29, 1.82) is 0 Å². The van der Waals surface area contributed by atoms with Crippen LogP contribution in [0.1, 0.15) is 27.2 Å². The van der Waals surface area contributed by atoms with Gasteiger partial charge in [0.05, 0.1) is 0 Å². The number of nitrogens with zero attached hydrogens (tertiary/aromatic N) is 2. The topological polar surface area (TPSA) is 77.9 Å². The zero-order chi connectivity index (χ0) is 12.9. The van der Waals surface area contributed by atoms with E-state index in [9.17, 15) is 13.2 Å². The van der Waals surface area contributed by atoms with Gasteiger partial charge in [-0.25, -0.2) is 0 Å². The van der Waals surface area contributed by atoms with Crippen molar-refractivity contribution in [3.8, 4) is 0 Å². The Kier molecular flexibility index (Phi) is 5.91. The van der Waals surface area contributed by atoms with Gasteiger partial charge in [-0.3, -0.25) is 4.79 Å². The lowest BCUT2D eigenvalue weighted by molar-refractivity contribution is -0.137. The molecule has 0 bridgehead atoms. The molecule has 0 saturated heterocycles. The van der Waals surface area contributed by atoms with E-state index in [1.54, 1.807) is 13.8 Å². The van der Waals surface area contributed by atoms with Gasteiger partial charge in [-0.05, 0) is 20.3 Å². The number of aliphatic carboxylic acids is 1. The maximum atomic E-state index is 12.0. The number of carbonyl (C=O) groups is 1. The number of hydrogen-bond acceptors (Lipinski definition) is 3. The van der Waals surface area contributed by atoms with Crippen LogP contribution < -0.4 is 0 Å². The molecule has 0 heterocycles. The molecule has 0 aromatic heterocycles. The quantitative estimate of drug-likeness (QED) is 0.710. The van der Waals surface area contributed by atoms with Crippen LogP contribution in [0.2, 0.25) is 0 Å². The lowest BCUT2D eigenvalue weighted by atomic mass is 10.4. The third-order valence-electron chi connectivity index (χ3n) is 2.10. The maximum Gasteiger partial charge on any atom is 0.318 e. The summed E-state index contributed by atoms with van der Waals surface area (Å²) in [5.74, 6) is -1.15. The number of rotatable bonds is 7. The molecular weight excluding hydrogens is 232 g/mol. The van der Waals surface area contributed by atoms with Gasteiger partial charge < -0.3 is 5.11 Å². The van der Waals surface area contributed by atoms with E-state index in [0.29, 0.717) is 13.0 Å². The van der Waals surface area contributed by atoms with Crippen molar-refractivity contribution < 1.29 is 18.3 Å². The fourth-order valence-corrected chi connectivity index (χ4v) is 2.85. The second kappa shape index (κ2) is 6.17. The van der Waals surface area contributed by atoms with Gasteiger partial charge >= 0.3 is 5.97 Å². The van der Waals surface area contributed by atoms with Crippen LogP contribution in [-0.4, -0.2) is 54.3 Å². The van der Waals surface area contributed by atoms with Crippen LogP contribution in [0.15, 0.2) is 0 Å². The fraction of sp³-hybridized carbons (Fsp3) is 0.889.